The SMILES string of the molecule is Cc1ccc(S[C@H](C)C(=O)N[C@@](C)(C#N)C(C)C)cc1C. The zero-order chi connectivity index (χ0) is 16.2. The number of hydrogen-bond acceptors (Lipinski definition) is 3. The molecule has 3 nitrogen and oxygen atoms in total. The predicted octanol–water partition coefficient (Wildman–Crippen LogP) is 3.84. The van der Waals surface area contributed by atoms with E-state index < -0.39 is 5.54 Å². The number of nitrogens with zero attached hydrogens (tertiary/aromatic N) is 1. The molecule has 0 saturated heterocycles. The minimum atomic E-state index is -0.824. The quantitative estimate of drug-likeness (QED) is 0.841. The molecule has 1 N–H and O–H groups in total. The van der Waals surface area contributed by atoms with Gasteiger partial charge in [-0.3, -0.25) is 4.79 Å². The topological polar surface area (TPSA) is 52.9 Å². The Morgan fingerprint density at radius 1 is 1.29 bits per heavy atom. The van der Waals surface area contributed by atoms with Crippen molar-refractivity contribution in [3.63, 3.8) is 0 Å². The maximum absolute atomic E-state index is 12.3. The fourth-order valence-electron chi connectivity index (χ4n) is 1.70. The third-order valence-electron chi connectivity index (χ3n) is 3.93. The highest BCUT2D eigenvalue weighted by molar-refractivity contribution is 8.00. The number of rotatable bonds is 5. The van der Waals surface area contributed by atoms with Crippen molar-refractivity contribution in [2.24, 2.45) is 5.92 Å². The van der Waals surface area contributed by atoms with Crippen LogP contribution in [0, 0.1) is 31.1 Å². The number of nitriles is 1. The highest BCUT2D eigenvalue weighted by atomic mass is 32.2. The van der Waals surface area contributed by atoms with Crippen molar-refractivity contribution in [3.8, 4) is 6.07 Å². The predicted molar refractivity (Wildman–Crippen MR) is 88.2 cm³/mol. The summed E-state index contributed by atoms with van der Waals surface area (Å²) < 4.78 is 0. The van der Waals surface area contributed by atoms with E-state index in [1.807, 2.05) is 26.8 Å². The summed E-state index contributed by atoms with van der Waals surface area (Å²) in [5.41, 5.74) is 1.64. The molecule has 1 aromatic carbocycles. The van der Waals surface area contributed by atoms with Crippen LogP contribution < -0.4 is 5.32 Å². The average molecular weight is 304 g/mol. The maximum atomic E-state index is 12.3. The fourth-order valence-corrected chi connectivity index (χ4v) is 2.67. The van der Waals surface area contributed by atoms with Gasteiger partial charge in [-0.1, -0.05) is 19.9 Å². The second-order valence-electron chi connectivity index (χ2n) is 5.96. The van der Waals surface area contributed by atoms with Crippen molar-refractivity contribution in [1.29, 1.82) is 5.26 Å². The summed E-state index contributed by atoms with van der Waals surface area (Å²) >= 11 is 1.52. The zero-order valence-corrected chi connectivity index (χ0v) is 14.5. The van der Waals surface area contributed by atoms with Crippen molar-refractivity contribution in [1.82, 2.24) is 5.32 Å². The standard InChI is InChI=1S/C17H24N2OS/c1-11(2)17(6,10-18)19-16(20)14(5)21-15-8-7-12(3)13(4)9-15/h7-9,11,14H,1-6H3,(H,19,20)/t14-,17+/m1/s1. The summed E-state index contributed by atoms with van der Waals surface area (Å²) in [5.74, 6) is -0.0405. The molecule has 1 amide bonds. The summed E-state index contributed by atoms with van der Waals surface area (Å²) in [6, 6.07) is 8.39. The smallest absolute Gasteiger partial charge is 0.234 e. The number of amides is 1. The minimum Gasteiger partial charge on any atom is -0.337 e. The molecule has 0 aliphatic carbocycles. The summed E-state index contributed by atoms with van der Waals surface area (Å²) in [6.07, 6.45) is 0. The number of aryl methyl sites for hydroxylation is 2. The summed E-state index contributed by atoms with van der Waals surface area (Å²) in [6.45, 7) is 11.6. The van der Waals surface area contributed by atoms with E-state index in [9.17, 15) is 10.1 Å². The Kier molecular flexibility index (Phi) is 5.86. The molecule has 1 rings (SSSR count). The Labute approximate surface area is 132 Å². The van der Waals surface area contributed by atoms with Gasteiger partial charge in [-0.15, -0.1) is 11.8 Å². The molecule has 0 fully saturated rings. The Morgan fingerprint density at radius 2 is 1.90 bits per heavy atom. The second-order valence-corrected chi connectivity index (χ2v) is 7.38. The first-order valence-electron chi connectivity index (χ1n) is 7.16. The van der Waals surface area contributed by atoms with Gasteiger partial charge in [-0.2, -0.15) is 5.26 Å². The number of benzene rings is 1. The molecule has 0 aliphatic rings. The summed E-state index contributed by atoms with van der Waals surface area (Å²) in [5, 5.41) is 11.9. The van der Waals surface area contributed by atoms with Gasteiger partial charge in [0.1, 0.15) is 5.54 Å². The third-order valence-corrected chi connectivity index (χ3v) is 5.02. The van der Waals surface area contributed by atoms with E-state index >= 15 is 0 Å². The van der Waals surface area contributed by atoms with Crippen LogP contribution in [0.5, 0.6) is 0 Å². The molecule has 4 heteroatoms. The van der Waals surface area contributed by atoms with Crippen LogP contribution in [0.3, 0.4) is 0 Å². The van der Waals surface area contributed by atoms with Crippen molar-refractivity contribution < 1.29 is 4.79 Å². The van der Waals surface area contributed by atoms with Gasteiger partial charge < -0.3 is 5.32 Å². The van der Waals surface area contributed by atoms with E-state index in [1.165, 1.54) is 22.9 Å². The fraction of sp³-hybridized carbons (Fsp3) is 0.529. The van der Waals surface area contributed by atoms with Crippen LogP contribution in [-0.2, 0) is 4.79 Å². The van der Waals surface area contributed by atoms with Crippen molar-refractivity contribution in [2.75, 3.05) is 0 Å². The molecular formula is C17H24N2OS. The molecule has 0 aliphatic heterocycles. The lowest BCUT2D eigenvalue weighted by atomic mass is 9.90. The van der Waals surface area contributed by atoms with Gasteiger partial charge in [0.2, 0.25) is 5.91 Å². The van der Waals surface area contributed by atoms with Crippen LogP contribution in [0.25, 0.3) is 0 Å². The minimum absolute atomic E-state index is 0.0604. The van der Waals surface area contributed by atoms with E-state index in [1.54, 1.807) is 6.92 Å². The number of carbonyl (C=O) groups is 1. The van der Waals surface area contributed by atoms with Gasteiger partial charge in [0, 0.05) is 4.90 Å². The number of nitrogens with one attached hydrogen (secondary N) is 1. The average Bonchev–Trinajstić information content (AvgIpc) is 2.42. The van der Waals surface area contributed by atoms with Crippen LogP contribution >= 0.6 is 11.8 Å². The summed E-state index contributed by atoms with van der Waals surface area (Å²) in [4.78, 5) is 13.4. The molecule has 114 valence electrons. The maximum Gasteiger partial charge on any atom is 0.234 e. The van der Waals surface area contributed by atoms with Gasteiger partial charge in [-0.25, -0.2) is 0 Å². The van der Waals surface area contributed by atoms with Crippen LogP contribution in [0.1, 0.15) is 38.8 Å². The van der Waals surface area contributed by atoms with Gasteiger partial charge in [0.25, 0.3) is 0 Å². The van der Waals surface area contributed by atoms with Gasteiger partial charge in [0.15, 0.2) is 0 Å². The Morgan fingerprint density at radius 3 is 2.38 bits per heavy atom. The monoisotopic (exact) mass is 304 g/mol. The Hall–Kier alpha value is -1.47. The Bertz CT molecular complexity index is 562. The van der Waals surface area contributed by atoms with Gasteiger partial charge in [0.05, 0.1) is 11.3 Å². The molecule has 1 aromatic rings. The molecule has 0 aromatic heterocycles. The summed E-state index contributed by atoms with van der Waals surface area (Å²) in [7, 11) is 0. The zero-order valence-electron chi connectivity index (χ0n) is 13.7. The first kappa shape index (κ1) is 17.6. The van der Waals surface area contributed by atoms with Crippen molar-refractivity contribution in [2.45, 2.75) is 57.2 Å². The lowest BCUT2D eigenvalue weighted by Gasteiger charge is -2.28. The van der Waals surface area contributed by atoms with E-state index in [0.717, 1.165) is 4.90 Å². The van der Waals surface area contributed by atoms with Crippen molar-refractivity contribution in [3.05, 3.63) is 29.3 Å². The van der Waals surface area contributed by atoms with E-state index in [0.29, 0.717) is 0 Å². The number of carbonyl (C=O) groups excluding carboxylic acids is 1. The van der Waals surface area contributed by atoms with Crippen molar-refractivity contribution >= 4 is 17.7 Å². The molecule has 0 heterocycles. The molecular weight excluding hydrogens is 280 g/mol. The molecule has 0 spiro atoms. The molecule has 0 bridgehead atoms. The van der Waals surface area contributed by atoms with E-state index in [4.69, 9.17) is 0 Å². The first-order chi connectivity index (χ1) is 9.69. The first-order valence-corrected chi connectivity index (χ1v) is 8.04. The molecule has 21 heavy (non-hydrogen) atoms. The van der Waals surface area contributed by atoms with Crippen LogP contribution in [0.2, 0.25) is 0 Å². The highest BCUT2D eigenvalue weighted by Crippen LogP contribution is 2.26. The molecule has 2 atom stereocenters. The Balaban J connectivity index is 2.75. The second kappa shape index (κ2) is 7.00. The molecule has 0 radical (unpaired) electrons. The normalized spacial score (nSPS) is 15.1. The molecule has 0 unspecified atom stereocenters. The number of thioether (sulfide) groups is 1. The largest absolute Gasteiger partial charge is 0.337 e. The van der Waals surface area contributed by atoms with Crippen LogP contribution in [0.15, 0.2) is 23.1 Å². The van der Waals surface area contributed by atoms with Gasteiger partial charge in [-0.05, 0) is 56.9 Å². The molecule has 0 saturated carbocycles. The van der Waals surface area contributed by atoms with Crippen LogP contribution in [-0.4, -0.2) is 16.7 Å². The highest BCUT2D eigenvalue weighted by Gasteiger charge is 2.31. The van der Waals surface area contributed by atoms with E-state index in [2.05, 4.69) is 37.4 Å². The van der Waals surface area contributed by atoms with Crippen LogP contribution in [0.4, 0.5) is 0 Å². The van der Waals surface area contributed by atoms with Gasteiger partial charge >= 0.3 is 0 Å². The lowest BCUT2D eigenvalue weighted by molar-refractivity contribution is -0.121. The lowest BCUT2D eigenvalue weighted by Crippen LogP contribution is -2.51. The third kappa shape index (κ3) is 4.50. The number of hydrogen-bond donors (Lipinski definition) is 1. The van der Waals surface area contributed by atoms with E-state index in [-0.39, 0.29) is 17.1 Å².